The zero-order valence-electron chi connectivity index (χ0n) is 15.9. The number of aromatic nitrogens is 3. The van der Waals surface area contributed by atoms with Crippen LogP contribution in [0.1, 0.15) is 21.7 Å². The summed E-state index contributed by atoms with van der Waals surface area (Å²) >= 11 is 7.38. The monoisotopic (exact) mass is 454 g/mol. The van der Waals surface area contributed by atoms with Gasteiger partial charge in [-0.05, 0) is 18.2 Å². The first-order valence-electron chi connectivity index (χ1n) is 9.35. The first-order valence-corrected chi connectivity index (χ1v) is 10.6. The molecular weight excluding hydrogens is 440 g/mol. The van der Waals surface area contributed by atoms with Crippen molar-refractivity contribution in [3.63, 3.8) is 0 Å². The quantitative estimate of drug-likeness (QED) is 0.478. The summed E-state index contributed by atoms with van der Waals surface area (Å²) in [5, 5.41) is 26.6. The number of benzene rings is 1. The summed E-state index contributed by atoms with van der Waals surface area (Å²) in [6.45, 7) is 0.727. The molecule has 0 aliphatic carbocycles. The van der Waals surface area contributed by atoms with Gasteiger partial charge in [0.2, 0.25) is 0 Å². The van der Waals surface area contributed by atoms with Crippen LogP contribution in [0.5, 0.6) is 11.5 Å². The minimum absolute atomic E-state index is 0.0760. The first-order chi connectivity index (χ1) is 15.0. The van der Waals surface area contributed by atoms with Crippen molar-refractivity contribution in [1.82, 2.24) is 20.0 Å². The number of hydrogen-bond donors (Lipinski definition) is 2. The van der Waals surface area contributed by atoms with Gasteiger partial charge in [-0.3, -0.25) is 9.78 Å². The predicted molar refractivity (Wildman–Crippen MR) is 114 cm³/mol. The van der Waals surface area contributed by atoms with Gasteiger partial charge >= 0.3 is 0 Å². The van der Waals surface area contributed by atoms with Gasteiger partial charge in [-0.15, -0.1) is 11.3 Å². The summed E-state index contributed by atoms with van der Waals surface area (Å²) < 4.78 is 5.47. The van der Waals surface area contributed by atoms with Crippen molar-refractivity contribution in [3.8, 4) is 33.4 Å². The van der Waals surface area contributed by atoms with Crippen molar-refractivity contribution in [2.45, 2.75) is 13.0 Å². The lowest BCUT2D eigenvalue weighted by atomic mass is 10.0. The molecule has 31 heavy (non-hydrogen) atoms. The number of carbonyl (C=O) groups excluding carboxylic acids is 1. The van der Waals surface area contributed by atoms with Gasteiger partial charge in [-0.2, -0.15) is 0 Å². The molecule has 0 spiro atoms. The summed E-state index contributed by atoms with van der Waals surface area (Å²) in [6.07, 6.45) is 3.90. The number of carbonyl (C=O) groups is 1. The van der Waals surface area contributed by atoms with Crippen LogP contribution in [0, 0.1) is 0 Å². The van der Waals surface area contributed by atoms with E-state index in [1.54, 1.807) is 22.7 Å². The normalized spacial score (nSPS) is 13.3. The Morgan fingerprint density at radius 2 is 2.13 bits per heavy atom. The molecule has 0 saturated carbocycles. The summed E-state index contributed by atoms with van der Waals surface area (Å²) in [7, 11) is 0. The highest BCUT2D eigenvalue weighted by atomic mass is 35.5. The van der Waals surface area contributed by atoms with E-state index < -0.39 is 0 Å². The van der Waals surface area contributed by atoms with Crippen molar-refractivity contribution < 1.29 is 19.5 Å². The van der Waals surface area contributed by atoms with Crippen LogP contribution in [-0.4, -0.2) is 42.7 Å². The highest BCUT2D eigenvalue weighted by Gasteiger charge is 2.30. The second-order valence-corrected chi connectivity index (χ2v) is 8.28. The summed E-state index contributed by atoms with van der Waals surface area (Å²) in [4.78, 5) is 23.3. The van der Waals surface area contributed by atoms with Crippen LogP contribution in [-0.2, 0) is 13.0 Å². The Morgan fingerprint density at radius 1 is 1.26 bits per heavy atom. The fourth-order valence-electron chi connectivity index (χ4n) is 3.49. The Kier molecular flexibility index (Phi) is 4.84. The van der Waals surface area contributed by atoms with E-state index in [0.717, 1.165) is 22.3 Å². The van der Waals surface area contributed by atoms with E-state index in [1.165, 1.54) is 17.4 Å². The maximum Gasteiger partial charge on any atom is 0.273 e. The molecule has 3 aromatic heterocycles. The fraction of sp³-hybridized carbons (Fsp3) is 0.143. The predicted octanol–water partition coefficient (Wildman–Crippen LogP) is 4.12. The molecule has 4 heterocycles. The average Bonchev–Trinajstić information content (AvgIpc) is 3.44. The van der Waals surface area contributed by atoms with Gasteiger partial charge in [0, 0.05) is 47.9 Å². The number of rotatable bonds is 3. The highest BCUT2D eigenvalue weighted by Crippen LogP contribution is 2.40. The molecule has 1 aromatic carbocycles. The van der Waals surface area contributed by atoms with Crippen LogP contribution in [0.25, 0.3) is 21.9 Å². The Morgan fingerprint density at radius 3 is 2.94 bits per heavy atom. The van der Waals surface area contributed by atoms with Crippen LogP contribution in [0.3, 0.4) is 0 Å². The van der Waals surface area contributed by atoms with Crippen molar-refractivity contribution in [2.75, 3.05) is 6.54 Å². The van der Waals surface area contributed by atoms with E-state index in [9.17, 15) is 15.0 Å². The Hall–Kier alpha value is -3.43. The second kappa shape index (κ2) is 7.68. The standard InChI is InChI=1S/C21H15ClN4O4S/c22-14-6-12(17(27)7-18(14)28)19-13-9-26(5-3-15(13)25-30-19)21(29)16-10-31-20(24-16)11-2-1-4-23-8-11/h1-2,4,6-8,10,27-28H,3,5,9H2. The van der Waals surface area contributed by atoms with Crippen LogP contribution < -0.4 is 0 Å². The molecule has 0 fully saturated rings. The van der Waals surface area contributed by atoms with E-state index >= 15 is 0 Å². The topological polar surface area (TPSA) is 113 Å². The molecule has 1 amide bonds. The zero-order chi connectivity index (χ0) is 21.5. The molecule has 0 bridgehead atoms. The van der Waals surface area contributed by atoms with Crippen molar-refractivity contribution in [3.05, 3.63) is 64.0 Å². The van der Waals surface area contributed by atoms with Crippen molar-refractivity contribution in [2.24, 2.45) is 0 Å². The Bertz CT molecular complexity index is 1290. The van der Waals surface area contributed by atoms with Crippen LogP contribution in [0.4, 0.5) is 0 Å². The van der Waals surface area contributed by atoms with Crippen molar-refractivity contribution in [1.29, 1.82) is 0 Å². The van der Waals surface area contributed by atoms with Gasteiger partial charge in [0.25, 0.3) is 5.91 Å². The third kappa shape index (κ3) is 3.51. The summed E-state index contributed by atoms with van der Waals surface area (Å²) in [6, 6.07) is 6.27. The number of phenolic OH excluding ortho intramolecular Hbond substituents is 2. The van der Waals surface area contributed by atoms with Crippen LogP contribution in [0.15, 0.2) is 46.6 Å². The molecule has 1 aliphatic heterocycles. The zero-order valence-corrected chi connectivity index (χ0v) is 17.5. The fourth-order valence-corrected chi connectivity index (χ4v) is 4.43. The molecule has 0 saturated heterocycles. The molecular formula is C21H15ClN4O4S. The van der Waals surface area contributed by atoms with E-state index in [4.69, 9.17) is 16.1 Å². The van der Waals surface area contributed by atoms with E-state index in [-0.39, 0.29) is 29.0 Å². The maximum absolute atomic E-state index is 13.1. The summed E-state index contributed by atoms with van der Waals surface area (Å²) in [5.74, 6) is -0.302. The lowest BCUT2D eigenvalue weighted by Crippen LogP contribution is -2.36. The lowest BCUT2D eigenvalue weighted by molar-refractivity contribution is 0.0729. The third-order valence-electron chi connectivity index (χ3n) is 5.07. The number of halogens is 1. The number of thiazole rings is 1. The second-order valence-electron chi connectivity index (χ2n) is 7.01. The Labute approximate surface area is 185 Å². The molecule has 4 aromatic rings. The number of amides is 1. The average molecular weight is 455 g/mol. The minimum Gasteiger partial charge on any atom is -0.507 e. The van der Waals surface area contributed by atoms with Gasteiger partial charge in [-0.25, -0.2) is 4.98 Å². The molecule has 156 valence electrons. The molecule has 10 heteroatoms. The van der Waals surface area contributed by atoms with Crippen LogP contribution >= 0.6 is 22.9 Å². The van der Waals surface area contributed by atoms with Gasteiger partial charge in [0.05, 0.1) is 22.8 Å². The van der Waals surface area contributed by atoms with Gasteiger partial charge < -0.3 is 19.6 Å². The highest BCUT2D eigenvalue weighted by molar-refractivity contribution is 7.13. The smallest absolute Gasteiger partial charge is 0.273 e. The Balaban J connectivity index is 1.43. The van der Waals surface area contributed by atoms with E-state index in [1.807, 2.05) is 12.1 Å². The van der Waals surface area contributed by atoms with Gasteiger partial charge in [0.1, 0.15) is 22.2 Å². The molecule has 5 rings (SSSR count). The number of aromatic hydroxyl groups is 2. The molecule has 0 radical (unpaired) electrons. The third-order valence-corrected chi connectivity index (χ3v) is 6.26. The summed E-state index contributed by atoms with van der Waals surface area (Å²) in [5.41, 5.74) is 2.93. The van der Waals surface area contributed by atoms with E-state index in [0.29, 0.717) is 35.5 Å². The number of hydrogen-bond acceptors (Lipinski definition) is 8. The molecule has 2 N–H and O–H groups in total. The van der Waals surface area contributed by atoms with Gasteiger partial charge in [0.15, 0.2) is 5.76 Å². The number of fused-ring (bicyclic) bond motifs is 1. The minimum atomic E-state index is -0.235. The SMILES string of the molecule is O=C(c1csc(-c2cccnc2)n1)N1CCc2noc(-c3cc(Cl)c(O)cc3O)c2C1. The van der Waals surface area contributed by atoms with Crippen LogP contribution in [0.2, 0.25) is 5.02 Å². The molecule has 0 unspecified atom stereocenters. The maximum atomic E-state index is 13.1. The number of pyridine rings is 1. The molecule has 1 aliphatic rings. The number of nitrogens with zero attached hydrogens (tertiary/aromatic N) is 4. The number of phenols is 2. The lowest BCUT2D eigenvalue weighted by Gasteiger charge is -2.25. The molecule has 0 atom stereocenters. The van der Waals surface area contributed by atoms with E-state index in [2.05, 4.69) is 15.1 Å². The molecule has 8 nitrogen and oxygen atoms in total. The van der Waals surface area contributed by atoms with Crippen molar-refractivity contribution >= 4 is 28.8 Å². The first kappa shape index (κ1) is 19.5. The largest absolute Gasteiger partial charge is 0.507 e. The van der Waals surface area contributed by atoms with Gasteiger partial charge in [-0.1, -0.05) is 16.8 Å².